The maximum Gasteiger partial charge on any atom is 0.243 e. The Balaban J connectivity index is 2.61. The summed E-state index contributed by atoms with van der Waals surface area (Å²) >= 11 is 0. The van der Waals surface area contributed by atoms with Crippen LogP contribution in [0.3, 0.4) is 0 Å². The molecule has 1 atom stereocenters. The molecule has 1 rings (SSSR count). The molecule has 6 nitrogen and oxygen atoms in total. The van der Waals surface area contributed by atoms with Gasteiger partial charge in [0, 0.05) is 19.8 Å². The fourth-order valence-corrected chi connectivity index (χ4v) is 1.90. The molecule has 0 aliphatic carbocycles. The summed E-state index contributed by atoms with van der Waals surface area (Å²) in [6.07, 6.45) is 0. The molecule has 6 heteroatoms. The van der Waals surface area contributed by atoms with Crippen molar-refractivity contribution in [2.24, 2.45) is 5.73 Å². The Labute approximate surface area is 125 Å². The number of anilines is 1. The Hall–Kier alpha value is -1.92. The number of hydrogen-bond donors (Lipinski definition) is 2. The third kappa shape index (κ3) is 4.84. The normalized spacial score (nSPS) is 11.9. The molecule has 0 spiro atoms. The fraction of sp³-hybridized carbons (Fsp3) is 0.467. The Morgan fingerprint density at radius 1 is 1.38 bits per heavy atom. The number of amides is 2. The predicted molar refractivity (Wildman–Crippen MR) is 82.0 cm³/mol. The number of benzene rings is 1. The van der Waals surface area contributed by atoms with Gasteiger partial charge in [0.15, 0.2) is 0 Å². The molecule has 0 saturated carbocycles. The van der Waals surface area contributed by atoms with Gasteiger partial charge in [-0.15, -0.1) is 0 Å². The Bertz CT molecular complexity index is 517. The highest BCUT2D eigenvalue weighted by Gasteiger charge is 2.20. The van der Waals surface area contributed by atoms with E-state index in [-0.39, 0.29) is 25.0 Å². The summed E-state index contributed by atoms with van der Waals surface area (Å²) in [6.45, 7) is 3.99. The highest BCUT2D eigenvalue weighted by molar-refractivity contribution is 5.95. The summed E-state index contributed by atoms with van der Waals surface area (Å²) < 4.78 is 4.83. The van der Waals surface area contributed by atoms with Crippen LogP contribution >= 0.6 is 0 Å². The van der Waals surface area contributed by atoms with Gasteiger partial charge in [0.2, 0.25) is 11.8 Å². The minimum absolute atomic E-state index is 0.0520. The number of hydrogen-bond acceptors (Lipinski definition) is 4. The van der Waals surface area contributed by atoms with Gasteiger partial charge >= 0.3 is 0 Å². The first-order valence-electron chi connectivity index (χ1n) is 6.72. The van der Waals surface area contributed by atoms with E-state index >= 15 is 0 Å². The molecule has 0 aromatic heterocycles. The second-order valence-corrected chi connectivity index (χ2v) is 5.05. The number of ether oxygens (including phenoxy) is 1. The van der Waals surface area contributed by atoms with Crippen molar-refractivity contribution in [1.29, 1.82) is 0 Å². The smallest absolute Gasteiger partial charge is 0.243 e. The lowest BCUT2D eigenvalue weighted by molar-refractivity contribution is -0.135. The molecule has 21 heavy (non-hydrogen) atoms. The first-order chi connectivity index (χ1) is 9.86. The third-order valence-corrected chi connectivity index (χ3v) is 3.30. The average Bonchev–Trinajstić information content (AvgIpc) is 2.43. The van der Waals surface area contributed by atoms with Gasteiger partial charge in [-0.2, -0.15) is 0 Å². The van der Waals surface area contributed by atoms with Crippen molar-refractivity contribution in [2.45, 2.75) is 19.9 Å². The Morgan fingerprint density at radius 2 is 2.05 bits per heavy atom. The van der Waals surface area contributed by atoms with Crippen LogP contribution in [0.1, 0.15) is 11.1 Å². The van der Waals surface area contributed by atoms with E-state index in [0.29, 0.717) is 0 Å². The standard InChI is InChI=1S/C15H23N3O3/c1-10-6-5-7-13(11(10)2)17-14(19)8-18(3)15(20)12(16)9-21-4/h5-7,12H,8-9,16H2,1-4H3,(H,17,19). The van der Waals surface area contributed by atoms with Crippen molar-refractivity contribution in [1.82, 2.24) is 4.90 Å². The minimum Gasteiger partial charge on any atom is -0.383 e. The molecule has 0 saturated heterocycles. The maximum atomic E-state index is 12.0. The summed E-state index contributed by atoms with van der Waals surface area (Å²) in [5.74, 6) is -0.586. The lowest BCUT2D eigenvalue weighted by atomic mass is 10.1. The first kappa shape index (κ1) is 17.1. The van der Waals surface area contributed by atoms with Crippen molar-refractivity contribution in [3.8, 4) is 0 Å². The number of nitrogens with zero attached hydrogens (tertiary/aromatic N) is 1. The lowest BCUT2D eigenvalue weighted by Gasteiger charge is -2.20. The Morgan fingerprint density at radius 3 is 2.67 bits per heavy atom. The summed E-state index contributed by atoms with van der Waals surface area (Å²) in [6, 6.07) is 4.93. The van der Waals surface area contributed by atoms with E-state index in [1.807, 2.05) is 32.0 Å². The number of rotatable bonds is 6. The number of carbonyl (C=O) groups is 2. The molecule has 0 bridgehead atoms. The van der Waals surface area contributed by atoms with Crippen LogP contribution in [-0.4, -0.2) is 50.1 Å². The van der Waals surface area contributed by atoms with Crippen LogP contribution in [0.5, 0.6) is 0 Å². The van der Waals surface area contributed by atoms with Gasteiger partial charge < -0.3 is 20.7 Å². The molecule has 1 unspecified atom stereocenters. The van der Waals surface area contributed by atoms with Crippen LogP contribution in [0.4, 0.5) is 5.69 Å². The van der Waals surface area contributed by atoms with Crippen molar-refractivity contribution in [3.63, 3.8) is 0 Å². The van der Waals surface area contributed by atoms with E-state index < -0.39 is 6.04 Å². The number of likely N-dealkylation sites (N-methyl/N-ethyl adjacent to an activating group) is 1. The third-order valence-electron chi connectivity index (χ3n) is 3.30. The number of nitrogens with one attached hydrogen (secondary N) is 1. The molecular formula is C15H23N3O3. The largest absolute Gasteiger partial charge is 0.383 e. The molecule has 0 aliphatic heterocycles. The van der Waals surface area contributed by atoms with Crippen LogP contribution in [0.25, 0.3) is 0 Å². The molecule has 116 valence electrons. The average molecular weight is 293 g/mol. The van der Waals surface area contributed by atoms with E-state index in [4.69, 9.17) is 10.5 Å². The first-order valence-corrected chi connectivity index (χ1v) is 6.72. The highest BCUT2D eigenvalue weighted by atomic mass is 16.5. The van der Waals surface area contributed by atoms with Crippen molar-refractivity contribution >= 4 is 17.5 Å². The molecule has 0 heterocycles. The lowest BCUT2D eigenvalue weighted by Crippen LogP contribution is -2.46. The second kappa shape index (κ2) is 7.75. The molecule has 0 radical (unpaired) electrons. The van der Waals surface area contributed by atoms with Crippen molar-refractivity contribution in [3.05, 3.63) is 29.3 Å². The van der Waals surface area contributed by atoms with Crippen LogP contribution in [0, 0.1) is 13.8 Å². The van der Waals surface area contributed by atoms with Gasteiger partial charge in [-0.3, -0.25) is 9.59 Å². The van der Waals surface area contributed by atoms with Gasteiger partial charge in [0.05, 0.1) is 13.2 Å². The second-order valence-electron chi connectivity index (χ2n) is 5.05. The zero-order valence-electron chi connectivity index (χ0n) is 13.0. The SMILES string of the molecule is COCC(N)C(=O)N(C)CC(=O)Nc1cccc(C)c1C. The van der Waals surface area contributed by atoms with Crippen molar-refractivity contribution < 1.29 is 14.3 Å². The van der Waals surface area contributed by atoms with E-state index in [0.717, 1.165) is 16.8 Å². The van der Waals surface area contributed by atoms with Gasteiger partial charge in [0.25, 0.3) is 0 Å². The zero-order chi connectivity index (χ0) is 16.0. The van der Waals surface area contributed by atoms with E-state index in [1.165, 1.54) is 12.0 Å². The van der Waals surface area contributed by atoms with E-state index in [1.54, 1.807) is 7.05 Å². The summed E-state index contributed by atoms with van der Waals surface area (Å²) in [7, 11) is 3.01. The zero-order valence-corrected chi connectivity index (χ0v) is 13.0. The number of methoxy groups -OCH3 is 1. The minimum atomic E-state index is -0.756. The van der Waals surface area contributed by atoms with E-state index in [2.05, 4.69) is 5.32 Å². The van der Waals surface area contributed by atoms with Crippen LogP contribution in [0.2, 0.25) is 0 Å². The number of aryl methyl sites for hydroxylation is 1. The van der Waals surface area contributed by atoms with Crippen LogP contribution < -0.4 is 11.1 Å². The van der Waals surface area contributed by atoms with Gasteiger partial charge in [-0.1, -0.05) is 12.1 Å². The molecule has 0 fully saturated rings. The fourth-order valence-electron chi connectivity index (χ4n) is 1.90. The highest BCUT2D eigenvalue weighted by Crippen LogP contribution is 2.17. The maximum absolute atomic E-state index is 12.0. The monoisotopic (exact) mass is 293 g/mol. The molecule has 3 N–H and O–H groups in total. The van der Waals surface area contributed by atoms with Gasteiger partial charge in [0.1, 0.15) is 6.04 Å². The van der Waals surface area contributed by atoms with Crippen molar-refractivity contribution in [2.75, 3.05) is 32.6 Å². The predicted octanol–water partition coefficient (Wildman–Crippen LogP) is 0.674. The summed E-state index contributed by atoms with van der Waals surface area (Å²) in [5, 5.41) is 2.80. The molecule has 2 amide bonds. The van der Waals surface area contributed by atoms with Gasteiger partial charge in [-0.05, 0) is 31.0 Å². The topological polar surface area (TPSA) is 84.7 Å². The van der Waals surface area contributed by atoms with Crippen LogP contribution in [0.15, 0.2) is 18.2 Å². The molecule has 0 aliphatic rings. The molecular weight excluding hydrogens is 270 g/mol. The summed E-state index contributed by atoms with van der Waals surface area (Å²) in [5.41, 5.74) is 8.51. The molecule has 1 aromatic carbocycles. The summed E-state index contributed by atoms with van der Waals surface area (Å²) in [4.78, 5) is 25.2. The molecule has 1 aromatic rings. The van der Waals surface area contributed by atoms with Gasteiger partial charge in [-0.25, -0.2) is 0 Å². The Kier molecular flexibility index (Phi) is 6.33. The number of nitrogens with two attached hydrogens (primary N) is 1. The van der Waals surface area contributed by atoms with Crippen LogP contribution in [-0.2, 0) is 14.3 Å². The number of carbonyl (C=O) groups excluding carboxylic acids is 2. The van der Waals surface area contributed by atoms with E-state index in [9.17, 15) is 9.59 Å². The quantitative estimate of drug-likeness (QED) is 0.807.